The number of rotatable bonds is 3. The molecule has 2 unspecified atom stereocenters. The van der Waals surface area contributed by atoms with E-state index in [1.54, 1.807) is 6.33 Å². The van der Waals surface area contributed by atoms with Gasteiger partial charge >= 0.3 is 0 Å². The zero-order valence-electron chi connectivity index (χ0n) is 17.4. The summed E-state index contributed by atoms with van der Waals surface area (Å²) in [6.07, 6.45) is 4.22. The van der Waals surface area contributed by atoms with Gasteiger partial charge in [-0.25, -0.2) is 19.9 Å². The van der Waals surface area contributed by atoms with Crippen molar-refractivity contribution in [2.45, 2.75) is 51.9 Å². The van der Waals surface area contributed by atoms with Crippen LogP contribution in [0.5, 0.6) is 0 Å². The van der Waals surface area contributed by atoms with Gasteiger partial charge in [-0.15, -0.1) is 0 Å². The van der Waals surface area contributed by atoms with E-state index in [-0.39, 0.29) is 5.41 Å². The van der Waals surface area contributed by atoms with E-state index >= 15 is 0 Å². The van der Waals surface area contributed by atoms with Gasteiger partial charge in [-0.05, 0) is 19.8 Å². The van der Waals surface area contributed by atoms with Crippen molar-refractivity contribution in [2.24, 2.45) is 11.8 Å². The minimum absolute atomic E-state index is 0.0498. The lowest BCUT2D eigenvalue weighted by Gasteiger charge is -2.25. The molecule has 5 rings (SSSR count). The average Bonchev–Trinajstić information content (AvgIpc) is 3.30. The molecule has 0 spiro atoms. The van der Waals surface area contributed by atoms with Crippen molar-refractivity contribution in [2.75, 3.05) is 36.0 Å². The molecule has 2 aromatic rings. The van der Waals surface area contributed by atoms with Gasteiger partial charge in [-0.2, -0.15) is 0 Å². The Morgan fingerprint density at radius 3 is 2.11 bits per heavy atom. The van der Waals surface area contributed by atoms with Crippen molar-refractivity contribution in [1.29, 1.82) is 0 Å². The molecule has 1 aliphatic carbocycles. The fraction of sp³-hybridized carbons (Fsp3) is 0.636. The molecule has 3 fully saturated rings. The summed E-state index contributed by atoms with van der Waals surface area (Å²) in [5.41, 5.74) is 2.26. The van der Waals surface area contributed by atoms with Gasteiger partial charge in [0.1, 0.15) is 23.8 Å². The molecule has 2 saturated heterocycles. The van der Waals surface area contributed by atoms with E-state index in [2.05, 4.69) is 64.6 Å². The lowest BCUT2D eigenvalue weighted by Crippen LogP contribution is -2.30. The van der Waals surface area contributed by atoms with Crippen LogP contribution in [-0.4, -0.2) is 46.1 Å². The molecule has 2 aromatic heterocycles. The van der Waals surface area contributed by atoms with Crippen LogP contribution in [0.4, 0.5) is 11.6 Å². The zero-order chi connectivity index (χ0) is 19.5. The molecule has 0 amide bonds. The first kappa shape index (κ1) is 17.8. The molecule has 6 heteroatoms. The average molecular weight is 379 g/mol. The van der Waals surface area contributed by atoms with Gasteiger partial charge in [0, 0.05) is 67.2 Å². The number of hydrogen-bond donors (Lipinski definition) is 0. The van der Waals surface area contributed by atoms with Crippen molar-refractivity contribution in [1.82, 2.24) is 19.9 Å². The Kier molecular flexibility index (Phi) is 4.07. The van der Waals surface area contributed by atoms with Crippen LogP contribution in [0.25, 0.3) is 0 Å². The van der Waals surface area contributed by atoms with Gasteiger partial charge in [-0.1, -0.05) is 20.8 Å². The van der Waals surface area contributed by atoms with Crippen LogP contribution in [0.2, 0.25) is 0 Å². The van der Waals surface area contributed by atoms with Crippen LogP contribution < -0.4 is 9.80 Å². The van der Waals surface area contributed by atoms with Crippen LogP contribution in [0, 0.1) is 18.8 Å². The molecule has 6 nitrogen and oxygen atoms in total. The van der Waals surface area contributed by atoms with Gasteiger partial charge in [0.2, 0.25) is 0 Å². The standard InChI is InChI=1S/C22H30N6/c1-14-7-20(26-21(25-14)15-5-6-15)28-11-16-9-27(10-17(16)12-28)19-8-18(22(2,3)4)23-13-24-19/h7-8,13,15-17H,5-6,9-12H2,1-4H3. The number of anilines is 2. The molecule has 2 aliphatic heterocycles. The summed E-state index contributed by atoms with van der Waals surface area (Å²) in [7, 11) is 0. The van der Waals surface area contributed by atoms with E-state index < -0.39 is 0 Å². The number of hydrogen-bond acceptors (Lipinski definition) is 6. The molecule has 0 N–H and O–H groups in total. The maximum Gasteiger partial charge on any atom is 0.134 e. The van der Waals surface area contributed by atoms with Crippen molar-refractivity contribution < 1.29 is 0 Å². The maximum atomic E-state index is 4.90. The van der Waals surface area contributed by atoms with E-state index in [0.29, 0.717) is 17.8 Å². The first-order valence-corrected chi connectivity index (χ1v) is 10.5. The number of fused-ring (bicyclic) bond motifs is 1. The van der Waals surface area contributed by atoms with Gasteiger partial charge in [0.25, 0.3) is 0 Å². The highest BCUT2D eigenvalue weighted by Crippen LogP contribution is 2.40. The van der Waals surface area contributed by atoms with E-state index in [1.165, 1.54) is 12.8 Å². The van der Waals surface area contributed by atoms with Crippen LogP contribution in [0.15, 0.2) is 18.5 Å². The third-order valence-corrected chi connectivity index (χ3v) is 6.36. The van der Waals surface area contributed by atoms with E-state index in [4.69, 9.17) is 4.98 Å². The highest BCUT2D eigenvalue weighted by atomic mass is 15.3. The largest absolute Gasteiger partial charge is 0.356 e. The second-order valence-corrected chi connectivity index (χ2v) is 9.84. The number of nitrogens with zero attached hydrogens (tertiary/aromatic N) is 6. The van der Waals surface area contributed by atoms with Crippen LogP contribution in [0.3, 0.4) is 0 Å². The van der Waals surface area contributed by atoms with Crippen molar-refractivity contribution in [3.05, 3.63) is 35.7 Å². The fourth-order valence-electron chi connectivity index (χ4n) is 4.56. The van der Waals surface area contributed by atoms with Crippen LogP contribution in [-0.2, 0) is 5.41 Å². The Balaban J connectivity index is 1.29. The number of aromatic nitrogens is 4. The topological polar surface area (TPSA) is 58.0 Å². The minimum Gasteiger partial charge on any atom is -0.356 e. The summed E-state index contributed by atoms with van der Waals surface area (Å²) >= 11 is 0. The molecule has 3 aliphatic rings. The Morgan fingerprint density at radius 1 is 0.857 bits per heavy atom. The smallest absolute Gasteiger partial charge is 0.134 e. The van der Waals surface area contributed by atoms with Gasteiger partial charge in [-0.3, -0.25) is 0 Å². The Labute approximate surface area is 167 Å². The number of aryl methyl sites for hydroxylation is 1. The van der Waals surface area contributed by atoms with Crippen molar-refractivity contribution in [3.63, 3.8) is 0 Å². The zero-order valence-corrected chi connectivity index (χ0v) is 17.4. The monoisotopic (exact) mass is 378 g/mol. The Morgan fingerprint density at radius 2 is 1.50 bits per heavy atom. The second-order valence-electron chi connectivity index (χ2n) is 9.84. The van der Waals surface area contributed by atoms with Gasteiger partial charge < -0.3 is 9.80 Å². The first-order chi connectivity index (χ1) is 13.4. The van der Waals surface area contributed by atoms with E-state index in [1.807, 2.05) is 0 Å². The van der Waals surface area contributed by atoms with Crippen molar-refractivity contribution >= 4 is 11.6 Å². The quantitative estimate of drug-likeness (QED) is 0.817. The molecule has 4 heterocycles. The first-order valence-electron chi connectivity index (χ1n) is 10.5. The molecule has 0 aromatic carbocycles. The Hall–Kier alpha value is -2.24. The Bertz CT molecular complexity index is 871. The van der Waals surface area contributed by atoms with Gasteiger partial charge in [0.05, 0.1) is 5.69 Å². The van der Waals surface area contributed by atoms with Crippen LogP contribution >= 0.6 is 0 Å². The molecule has 2 atom stereocenters. The van der Waals surface area contributed by atoms with Gasteiger partial charge in [0.15, 0.2) is 0 Å². The predicted octanol–water partition coefficient (Wildman–Crippen LogP) is 3.32. The summed E-state index contributed by atoms with van der Waals surface area (Å²) in [6, 6.07) is 4.33. The molecular weight excluding hydrogens is 348 g/mol. The summed E-state index contributed by atoms with van der Waals surface area (Å²) in [6.45, 7) is 13.0. The fourth-order valence-corrected chi connectivity index (χ4v) is 4.56. The lowest BCUT2D eigenvalue weighted by atomic mass is 9.92. The molecular formula is C22H30N6. The van der Waals surface area contributed by atoms with E-state index in [9.17, 15) is 0 Å². The highest BCUT2D eigenvalue weighted by Gasteiger charge is 2.41. The molecule has 1 saturated carbocycles. The maximum absolute atomic E-state index is 4.90. The predicted molar refractivity (Wildman–Crippen MR) is 111 cm³/mol. The summed E-state index contributed by atoms with van der Waals surface area (Å²) in [5.74, 6) is 5.22. The molecule has 148 valence electrons. The second kappa shape index (κ2) is 6.39. The summed E-state index contributed by atoms with van der Waals surface area (Å²) in [5, 5.41) is 0. The molecule has 0 bridgehead atoms. The minimum atomic E-state index is 0.0498. The summed E-state index contributed by atoms with van der Waals surface area (Å²) in [4.78, 5) is 23.5. The summed E-state index contributed by atoms with van der Waals surface area (Å²) < 4.78 is 0. The molecule has 28 heavy (non-hydrogen) atoms. The molecule has 0 radical (unpaired) electrons. The highest BCUT2D eigenvalue weighted by molar-refractivity contribution is 5.46. The lowest BCUT2D eigenvalue weighted by molar-refractivity contribution is 0.533. The third-order valence-electron chi connectivity index (χ3n) is 6.36. The normalized spacial score (nSPS) is 24.7. The third kappa shape index (κ3) is 3.33. The van der Waals surface area contributed by atoms with Crippen molar-refractivity contribution in [3.8, 4) is 0 Å². The van der Waals surface area contributed by atoms with E-state index in [0.717, 1.165) is 55.0 Å². The SMILES string of the molecule is Cc1cc(N2CC3CN(c4cc(C(C)(C)C)ncn4)CC3C2)nc(C2CC2)n1. The van der Waals surface area contributed by atoms with Crippen LogP contribution in [0.1, 0.15) is 56.7 Å².